The highest BCUT2D eigenvalue weighted by molar-refractivity contribution is 5.27. The van der Waals surface area contributed by atoms with E-state index in [1.807, 2.05) is 24.3 Å². The molecule has 0 bridgehead atoms. The number of benzene rings is 1. The number of hydrogen-bond donors (Lipinski definition) is 1. The van der Waals surface area contributed by atoms with Gasteiger partial charge in [-0.05, 0) is 44.5 Å². The SMILES string of the molecule is CC(C)(F)COc1ccc(CCN)cc1. The van der Waals surface area contributed by atoms with Crippen LogP contribution in [0.2, 0.25) is 0 Å². The third kappa shape index (κ3) is 4.79. The highest BCUT2D eigenvalue weighted by Crippen LogP contribution is 2.16. The molecule has 0 fully saturated rings. The van der Waals surface area contributed by atoms with Crippen molar-refractivity contribution in [2.45, 2.75) is 25.9 Å². The van der Waals surface area contributed by atoms with Crippen LogP contribution >= 0.6 is 0 Å². The largest absolute Gasteiger partial charge is 0.490 e. The molecule has 2 nitrogen and oxygen atoms in total. The predicted octanol–water partition coefficient (Wildman–Crippen LogP) is 2.31. The van der Waals surface area contributed by atoms with Gasteiger partial charge in [0.05, 0.1) is 0 Å². The van der Waals surface area contributed by atoms with E-state index in [2.05, 4.69) is 0 Å². The van der Waals surface area contributed by atoms with Crippen molar-refractivity contribution in [3.8, 4) is 5.75 Å². The molecule has 0 amide bonds. The molecule has 0 saturated heterocycles. The van der Waals surface area contributed by atoms with Crippen molar-refractivity contribution in [2.24, 2.45) is 5.73 Å². The van der Waals surface area contributed by atoms with Crippen LogP contribution in [0.25, 0.3) is 0 Å². The Balaban J connectivity index is 2.50. The maximum absolute atomic E-state index is 13.1. The first-order valence-corrected chi connectivity index (χ1v) is 5.12. The second kappa shape index (κ2) is 5.12. The minimum absolute atomic E-state index is 0.0727. The fraction of sp³-hybridized carbons (Fsp3) is 0.500. The summed E-state index contributed by atoms with van der Waals surface area (Å²) >= 11 is 0. The molecule has 3 heteroatoms. The molecule has 2 N–H and O–H groups in total. The summed E-state index contributed by atoms with van der Waals surface area (Å²) in [4.78, 5) is 0. The van der Waals surface area contributed by atoms with E-state index in [1.165, 1.54) is 19.4 Å². The molecule has 0 unspecified atom stereocenters. The zero-order chi connectivity index (χ0) is 11.3. The maximum atomic E-state index is 13.1. The van der Waals surface area contributed by atoms with Gasteiger partial charge >= 0.3 is 0 Å². The second-order valence-electron chi connectivity index (χ2n) is 4.19. The maximum Gasteiger partial charge on any atom is 0.139 e. The Kier molecular flexibility index (Phi) is 4.09. The highest BCUT2D eigenvalue weighted by atomic mass is 19.1. The van der Waals surface area contributed by atoms with Crippen LogP contribution in [0.15, 0.2) is 24.3 Å². The number of nitrogens with two attached hydrogens (primary N) is 1. The predicted molar refractivity (Wildman–Crippen MR) is 59.9 cm³/mol. The van der Waals surface area contributed by atoms with Crippen molar-refractivity contribution >= 4 is 0 Å². The van der Waals surface area contributed by atoms with E-state index in [4.69, 9.17) is 10.5 Å². The lowest BCUT2D eigenvalue weighted by Crippen LogP contribution is -2.22. The van der Waals surface area contributed by atoms with Gasteiger partial charge in [0.25, 0.3) is 0 Å². The van der Waals surface area contributed by atoms with E-state index in [1.54, 1.807) is 0 Å². The molecular weight excluding hydrogens is 193 g/mol. The van der Waals surface area contributed by atoms with Crippen LogP contribution in [0, 0.1) is 0 Å². The first kappa shape index (κ1) is 12.0. The van der Waals surface area contributed by atoms with Crippen LogP contribution in [0.1, 0.15) is 19.4 Å². The van der Waals surface area contributed by atoms with Gasteiger partial charge in [0, 0.05) is 0 Å². The number of halogens is 1. The Bertz CT molecular complexity index is 289. The average molecular weight is 211 g/mol. The molecule has 0 spiro atoms. The van der Waals surface area contributed by atoms with Crippen molar-refractivity contribution < 1.29 is 9.13 Å². The van der Waals surface area contributed by atoms with Crippen LogP contribution in [-0.2, 0) is 6.42 Å². The molecule has 0 aliphatic carbocycles. The number of rotatable bonds is 5. The van der Waals surface area contributed by atoms with Crippen LogP contribution in [0.4, 0.5) is 4.39 Å². The van der Waals surface area contributed by atoms with E-state index in [9.17, 15) is 4.39 Å². The molecule has 0 aliphatic heterocycles. The fourth-order valence-electron chi connectivity index (χ4n) is 1.17. The third-order valence-electron chi connectivity index (χ3n) is 1.94. The monoisotopic (exact) mass is 211 g/mol. The zero-order valence-electron chi connectivity index (χ0n) is 9.29. The van der Waals surface area contributed by atoms with Crippen LogP contribution < -0.4 is 10.5 Å². The molecule has 0 aliphatic rings. The molecule has 84 valence electrons. The van der Waals surface area contributed by atoms with Gasteiger partial charge in [0.2, 0.25) is 0 Å². The Morgan fingerprint density at radius 3 is 2.33 bits per heavy atom. The van der Waals surface area contributed by atoms with Crippen molar-refractivity contribution in [3.05, 3.63) is 29.8 Å². The first-order valence-electron chi connectivity index (χ1n) is 5.12. The molecule has 0 atom stereocenters. The minimum atomic E-state index is -1.30. The lowest BCUT2D eigenvalue weighted by atomic mass is 10.1. The second-order valence-corrected chi connectivity index (χ2v) is 4.19. The summed E-state index contributed by atoms with van der Waals surface area (Å²) in [5, 5.41) is 0. The van der Waals surface area contributed by atoms with Gasteiger partial charge in [-0.1, -0.05) is 12.1 Å². The van der Waals surface area contributed by atoms with Gasteiger partial charge in [0.15, 0.2) is 0 Å². The van der Waals surface area contributed by atoms with Crippen LogP contribution in [-0.4, -0.2) is 18.8 Å². The van der Waals surface area contributed by atoms with Gasteiger partial charge < -0.3 is 10.5 Å². The summed E-state index contributed by atoms with van der Waals surface area (Å²) in [6.07, 6.45) is 0.856. The smallest absolute Gasteiger partial charge is 0.139 e. The number of hydrogen-bond acceptors (Lipinski definition) is 2. The lowest BCUT2D eigenvalue weighted by molar-refractivity contribution is 0.121. The normalized spacial score (nSPS) is 11.5. The molecule has 1 rings (SSSR count). The van der Waals surface area contributed by atoms with Gasteiger partial charge in [-0.25, -0.2) is 4.39 Å². The quantitative estimate of drug-likeness (QED) is 0.811. The van der Waals surface area contributed by atoms with Crippen molar-refractivity contribution in [2.75, 3.05) is 13.2 Å². The fourth-order valence-corrected chi connectivity index (χ4v) is 1.17. The molecule has 15 heavy (non-hydrogen) atoms. The average Bonchev–Trinajstić information content (AvgIpc) is 2.16. The van der Waals surface area contributed by atoms with E-state index >= 15 is 0 Å². The van der Waals surface area contributed by atoms with E-state index in [-0.39, 0.29) is 6.61 Å². The summed E-state index contributed by atoms with van der Waals surface area (Å²) in [6, 6.07) is 7.59. The van der Waals surface area contributed by atoms with Crippen molar-refractivity contribution in [1.29, 1.82) is 0 Å². The first-order chi connectivity index (χ1) is 7.01. The van der Waals surface area contributed by atoms with E-state index in [0.29, 0.717) is 12.3 Å². The van der Waals surface area contributed by atoms with Gasteiger partial charge in [-0.15, -0.1) is 0 Å². The Morgan fingerprint density at radius 2 is 1.87 bits per heavy atom. The Labute approximate surface area is 90.2 Å². The molecule has 1 aromatic carbocycles. The standard InChI is InChI=1S/C12H18FNO/c1-12(2,13)9-15-11-5-3-10(4-6-11)7-8-14/h3-6H,7-9,14H2,1-2H3. The van der Waals surface area contributed by atoms with Crippen LogP contribution in [0.3, 0.4) is 0 Å². The molecular formula is C12H18FNO. The summed E-state index contributed by atoms with van der Waals surface area (Å²) in [5.41, 5.74) is 5.31. The van der Waals surface area contributed by atoms with E-state index < -0.39 is 5.67 Å². The van der Waals surface area contributed by atoms with Crippen molar-refractivity contribution in [3.63, 3.8) is 0 Å². The van der Waals surface area contributed by atoms with Crippen molar-refractivity contribution in [1.82, 2.24) is 0 Å². The zero-order valence-corrected chi connectivity index (χ0v) is 9.29. The topological polar surface area (TPSA) is 35.2 Å². The molecule has 0 heterocycles. The highest BCUT2D eigenvalue weighted by Gasteiger charge is 2.16. The van der Waals surface area contributed by atoms with Crippen LogP contribution in [0.5, 0.6) is 5.75 Å². The number of ether oxygens (including phenoxy) is 1. The van der Waals surface area contributed by atoms with Gasteiger partial charge in [0.1, 0.15) is 18.0 Å². The summed E-state index contributed by atoms with van der Waals surface area (Å²) < 4.78 is 18.4. The Hall–Kier alpha value is -1.09. The van der Waals surface area contributed by atoms with Gasteiger partial charge in [-0.2, -0.15) is 0 Å². The summed E-state index contributed by atoms with van der Waals surface area (Å²) in [6.45, 7) is 3.70. The lowest BCUT2D eigenvalue weighted by Gasteiger charge is -2.15. The molecule has 0 radical (unpaired) electrons. The third-order valence-corrected chi connectivity index (χ3v) is 1.94. The van der Waals surface area contributed by atoms with Gasteiger partial charge in [-0.3, -0.25) is 0 Å². The molecule has 0 saturated carbocycles. The molecule has 0 aromatic heterocycles. The molecule has 1 aromatic rings. The van der Waals surface area contributed by atoms with E-state index in [0.717, 1.165) is 6.42 Å². The summed E-state index contributed by atoms with van der Waals surface area (Å²) in [7, 11) is 0. The minimum Gasteiger partial charge on any atom is -0.490 e. The Morgan fingerprint density at radius 1 is 1.27 bits per heavy atom. The summed E-state index contributed by atoms with van der Waals surface area (Å²) in [5.74, 6) is 0.696. The number of alkyl halides is 1.